The van der Waals surface area contributed by atoms with E-state index < -0.39 is 34.7 Å². The molecular formula is C29H30F3N7O2. The number of amides is 2. The van der Waals surface area contributed by atoms with Crippen LogP contribution < -0.4 is 21.9 Å². The SMILES string of the molecule is NCCCN(CCCc1cccnc1)Cc1ccc(-c2cnc(NC(=O)Nc3cc(F)c(F)cc3F)[nH]c2=O)cc1. The molecule has 2 heterocycles. The van der Waals surface area contributed by atoms with Crippen LogP contribution >= 0.6 is 0 Å². The number of halogens is 3. The number of urea groups is 1. The summed E-state index contributed by atoms with van der Waals surface area (Å²) in [6.07, 6.45) is 7.77. The van der Waals surface area contributed by atoms with Crippen LogP contribution in [0.4, 0.5) is 29.6 Å². The first-order chi connectivity index (χ1) is 19.8. The maximum atomic E-state index is 13.8. The van der Waals surface area contributed by atoms with E-state index in [9.17, 15) is 22.8 Å². The van der Waals surface area contributed by atoms with Gasteiger partial charge >= 0.3 is 6.03 Å². The molecule has 0 radical (unpaired) electrons. The van der Waals surface area contributed by atoms with E-state index in [-0.39, 0.29) is 11.5 Å². The molecule has 0 fully saturated rings. The third-order valence-electron chi connectivity index (χ3n) is 6.30. The number of hydrogen-bond donors (Lipinski definition) is 4. The summed E-state index contributed by atoms with van der Waals surface area (Å²) < 4.78 is 40.2. The Hall–Kier alpha value is -4.55. The number of benzene rings is 2. The number of hydrogen-bond acceptors (Lipinski definition) is 6. The number of carbonyl (C=O) groups is 1. The molecule has 12 heteroatoms. The monoisotopic (exact) mass is 565 g/mol. The molecule has 2 aromatic heterocycles. The molecule has 0 unspecified atom stereocenters. The van der Waals surface area contributed by atoms with Crippen molar-refractivity contribution < 1.29 is 18.0 Å². The van der Waals surface area contributed by atoms with E-state index in [1.165, 1.54) is 11.8 Å². The molecular weight excluding hydrogens is 535 g/mol. The van der Waals surface area contributed by atoms with Crippen molar-refractivity contribution >= 4 is 17.7 Å². The van der Waals surface area contributed by atoms with Gasteiger partial charge in [-0.3, -0.25) is 25.0 Å². The summed E-state index contributed by atoms with van der Waals surface area (Å²) in [6.45, 7) is 3.13. The third kappa shape index (κ3) is 8.47. The van der Waals surface area contributed by atoms with Crippen molar-refractivity contribution in [3.63, 3.8) is 0 Å². The molecule has 0 atom stereocenters. The van der Waals surface area contributed by atoms with E-state index in [1.807, 2.05) is 41.8 Å². The zero-order chi connectivity index (χ0) is 29.2. The minimum Gasteiger partial charge on any atom is -0.330 e. The normalized spacial score (nSPS) is 11.0. The molecule has 4 rings (SSSR count). The van der Waals surface area contributed by atoms with Gasteiger partial charge in [-0.25, -0.2) is 22.9 Å². The summed E-state index contributed by atoms with van der Waals surface area (Å²) in [5, 5.41) is 4.27. The Balaban J connectivity index is 1.36. The highest BCUT2D eigenvalue weighted by molar-refractivity contribution is 5.98. The van der Waals surface area contributed by atoms with Crippen LogP contribution in [0.3, 0.4) is 0 Å². The Labute approximate surface area is 234 Å². The number of anilines is 2. The fraction of sp³-hybridized carbons (Fsp3) is 0.241. The van der Waals surface area contributed by atoms with Crippen molar-refractivity contribution in [1.29, 1.82) is 0 Å². The molecule has 41 heavy (non-hydrogen) atoms. The van der Waals surface area contributed by atoms with Crippen molar-refractivity contribution in [1.82, 2.24) is 19.9 Å². The fourth-order valence-electron chi connectivity index (χ4n) is 4.23. The van der Waals surface area contributed by atoms with Crippen molar-refractivity contribution in [3.8, 4) is 11.1 Å². The van der Waals surface area contributed by atoms with Crippen molar-refractivity contribution in [3.05, 3.63) is 106 Å². The first-order valence-corrected chi connectivity index (χ1v) is 13.0. The second-order valence-electron chi connectivity index (χ2n) is 9.38. The van der Waals surface area contributed by atoms with E-state index in [4.69, 9.17) is 5.73 Å². The quantitative estimate of drug-likeness (QED) is 0.185. The highest BCUT2D eigenvalue weighted by Gasteiger charge is 2.14. The smallest absolute Gasteiger partial charge is 0.326 e. The minimum atomic E-state index is -1.39. The van der Waals surface area contributed by atoms with Gasteiger partial charge in [0, 0.05) is 37.3 Å². The van der Waals surface area contributed by atoms with E-state index in [0.717, 1.165) is 44.5 Å². The van der Waals surface area contributed by atoms with Crippen molar-refractivity contribution in [2.45, 2.75) is 25.8 Å². The number of nitrogens with zero attached hydrogens (tertiary/aromatic N) is 3. The van der Waals surface area contributed by atoms with Gasteiger partial charge in [0.15, 0.2) is 11.6 Å². The molecule has 2 amide bonds. The van der Waals surface area contributed by atoms with Crippen LogP contribution in [0.15, 0.2) is 71.9 Å². The summed E-state index contributed by atoms with van der Waals surface area (Å²) in [7, 11) is 0. The van der Waals surface area contributed by atoms with Crippen LogP contribution in [0.25, 0.3) is 11.1 Å². The van der Waals surface area contributed by atoms with Crippen molar-refractivity contribution in [2.75, 3.05) is 30.3 Å². The number of pyridine rings is 1. The second kappa shape index (κ2) is 14.2. The fourth-order valence-corrected chi connectivity index (χ4v) is 4.23. The third-order valence-corrected chi connectivity index (χ3v) is 6.30. The Kier molecular flexibility index (Phi) is 10.2. The molecule has 0 aliphatic carbocycles. The number of nitrogens with one attached hydrogen (secondary N) is 3. The van der Waals surface area contributed by atoms with E-state index >= 15 is 0 Å². The summed E-state index contributed by atoms with van der Waals surface area (Å²) in [4.78, 5) is 37.8. The highest BCUT2D eigenvalue weighted by atomic mass is 19.2. The van der Waals surface area contributed by atoms with Crippen molar-refractivity contribution in [2.24, 2.45) is 5.73 Å². The zero-order valence-corrected chi connectivity index (χ0v) is 22.2. The molecule has 0 saturated carbocycles. The number of aryl methyl sites for hydroxylation is 1. The molecule has 0 saturated heterocycles. The van der Waals surface area contributed by atoms with Gasteiger partial charge in [-0.15, -0.1) is 0 Å². The number of rotatable bonds is 12. The Morgan fingerprint density at radius 3 is 2.39 bits per heavy atom. The second-order valence-corrected chi connectivity index (χ2v) is 9.38. The Morgan fingerprint density at radius 1 is 0.927 bits per heavy atom. The molecule has 5 N–H and O–H groups in total. The van der Waals surface area contributed by atoms with Crippen LogP contribution in [0.1, 0.15) is 24.0 Å². The Morgan fingerprint density at radius 2 is 1.68 bits per heavy atom. The minimum absolute atomic E-state index is 0.210. The molecule has 0 aliphatic heterocycles. The average molecular weight is 566 g/mol. The van der Waals surface area contributed by atoms with Gasteiger partial charge in [-0.2, -0.15) is 0 Å². The van der Waals surface area contributed by atoms with Crippen LogP contribution in [-0.4, -0.2) is 45.5 Å². The van der Waals surface area contributed by atoms with E-state index in [2.05, 4.69) is 31.2 Å². The summed E-state index contributed by atoms with van der Waals surface area (Å²) in [5.74, 6) is -4.08. The number of nitrogens with two attached hydrogens (primary N) is 1. The summed E-state index contributed by atoms with van der Waals surface area (Å²) in [5.41, 5.74) is 7.85. The molecule has 214 valence electrons. The number of carbonyl (C=O) groups excluding carboxylic acids is 1. The summed E-state index contributed by atoms with van der Waals surface area (Å²) in [6, 6.07) is 11.4. The molecule has 0 aliphatic rings. The summed E-state index contributed by atoms with van der Waals surface area (Å²) >= 11 is 0. The maximum Gasteiger partial charge on any atom is 0.326 e. The molecule has 2 aromatic carbocycles. The lowest BCUT2D eigenvalue weighted by atomic mass is 10.1. The zero-order valence-electron chi connectivity index (χ0n) is 22.2. The first-order valence-electron chi connectivity index (χ1n) is 13.0. The largest absolute Gasteiger partial charge is 0.330 e. The van der Waals surface area contributed by atoms with E-state index in [0.29, 0.717) is 24.2 Å². The van der Waals surface area contributed by atoms with E-state index in [1.54, 1.807) is 6.20 Å². The topological polar surface area (TPSA) is 129 Å². The predicted octanol–water partition coefficient (Wildman–Crippen LogP) is 4.68. The molecule has 0 bridgehead atoms. The van der Waals surface area contributed by atoms with Gasteiger partial charge in [0.05, 0.1) is 11.3 Å². The average Bonchev–Trinajstić information content (AvgIpc) is 2.96. The predicted molar refractivity (Wildman–Crippen MR) is 151 cm³/mol. The molecule has 0 spiro atoms. The molecule has 4 aromatic rings. The van der Waals surface area contributed by atoms with Crippen LogP contribution in [0, 0.1) is 17.5 Å². The van der Waals surface area contributed by atoms with Crippen LogP contribution in [0.2, 0.25) is 0 Å². The van der Waals surface area contributed by atoms with Crippen LogP contribution in [-0.2, 0) is 13.0 Å². The number of H-pyrrole nitrogens is 1. The van der Waals surface area contributed by atoms with Crippen LogP contribution in [0.5, 0.6) is 0 Å². The Bertz CT molecular complexity index is 1520. The highest BCUT2D eigenvalue weighted by Crippen LogP contribution is 2.19. The van der Waals surface area contributed by atoms with Gasteiger partial charge < -0.3 is 11.1 Å². The first kappa shape index (κ1) is 29.4. The van der Waals surface area contributed by atoms with Gasteiger partial charge in [0.25, 0.3) is 5.56 Å². The lowest BCUT2D eigenvalue weighted by Crippen LogP contribution is -2.27. The molecule has 9 nitrogen and oxygen atoms in total. The van der Waals surface area contributed by atoms with Gasteiger partial charge in [0.1, 0.15) is 5.82 Å². The van der Waals surface area contributed by atoms with Gasteiger partial charge in [-0.05, 0) is 61.7 Å². The number of aromatic nitrogens is 3. The lowest BCUT2D eigenvalue weighted by Gasteiger charge is -2.22. The van der Waals surface area contributed by atoms with Gasteiger partial charge in [0.2, 0.25) is 5.95 Å². The van der Waals surface area contributed by atoms with Gasteiger partial charge in [-0.1, -0.05) is 30.3 Å². The standard InChI is InChI=1S/C29H30F3N7O2/c30-23-14-25(32)26(15-24(23)31)36-29(41)38-28-35-17-22(27(40)37-28)21-8-6-20(7-9-21)18-39(13-3-10-33)12-2-5-19-4-1-11-34-16-19/h1,4,6-9,11,14-17H,2-3,5,10,12-13,18,33H2,(H3,35,36,37,38,40,41). The number of aromatic amines is 1. The maximum absolute atomic E-state index is 13.8. The lowest BCUT2D eigenvalue weighted by molar-refractivity contribution is 0.260.